The Morgan fingerprint density at radius 3 is 2.31 bits per heavy atom. The van der Waals surface area contributed by atoms with E-state index >= 15 is 0 Å². The van der Waals surface area contributed by atoms with E-state index in [1.807, 2.05) is 13.8 Å². The molecule has 1 aromatic carbocycles. The van der Waals surface area contributed by atoms with Gasteiger partial charge in [0.05, 0.1) is 12.0 Å². The average molecular weight is 181 g/mol. The lowest BCUT2D eigenvalue weighted by molar-refractivity contribution is -0.385. The monoisotopic (exact) mass is 181 g/mol. The highest BCUT2D eigenvalue weighted by Crippen LogP contribution is 2.29. The van der Waals surface area contributed by atoms with Gasteiger partial charge in [-0.1, -0.05) is 0 Å². The summed E-state index contributed by atoms with van der Waals surface area (Å²) in [5.74, 6) is 0.313. The number of benzene rings is 1. The lowest BCUT2D eigenvalue weighted by Gasteiger charge is -2.04. The molecule has 70 valence electrons. The van der Waals surface area contributed by atoms with Gasteiger partial charge < -0.3 is 4.74 Å². The third kappa shape index (κ3) is 1.77. The number of nitro groups is 1. The largest absolute Gasteiger partial charge is 0.490 e. The number of aryl methyl sites for hydroxylation is 2. The fourth-order valence-electron chi connectivity index (χ4n) is 1.08. The van der Waals surface area contributed by atoms with Gasteiger partial charge in [-0.3, -0.25) is 10.1 Å². The van der Waals surface area contributed by atoms with Crippen LogP contribution in [0.2, 0.25) is 0 Å². The molecule has 0 aliphatic heterocycles. The van der Waals surface area contributed by atoms with Gasteiger partial charge in [-0.25, -0.2) is 0 Å². The molecule has 0 N–H and O–H groups in total. The van der Waals surface area contributed by atoms with Crippen molar-refractivity contribution in [3.05, 3.63) is 33.4 Å². The lowest BCUT2D eigenvalue weighted by atomic mass is 10.1. The molecular formula is C9H11NO3. The van der Waals surface area contributed by atoms with Crippen LogP contribution in [0, 0.1) is 24.0 Å². The predicted molar refractivity (Wildman–Crippen MR) is 49.1 cm³/mol. The van der Waals surface area contributed by atoms with E-state index in [1.165, 1.54) is 13.2 Å². The highest BCUT2D eigenvalue weighted by atomic mass is 16.6. The molecule has 4 nitrogen and oxygen atoms in total. The molecule has 0 bridgehead atoms. The molecule has 0 aromatic heterocycles. The first-order valence-corrected chi connectivity index (χ1v) is 3.86. The van der Waals surface area contributed by atoms with Gasteiger partial charge in [-0.2, -0.15) is 0 Å². The molecule has 0 aliphatic carbocycles. The number of hydrogen-bond acceptors (Lipinski definition) is 3. The maximum Gasteiger partial charge on any atom is 0.311 e. The quantitative estimate of drug-likeness (QED) is 0.519. The van der Waals surface area contributed by atoms with Crippen LogP contribution in [-0.2, 0) is 0 Å². The smallest absolute Gasteiger partial charge is 0.311 e. The number of ether oxygens (including phenoxy) is 1. The van der Waals surface area contributed by atoms with Crippen LogP contribution >= 0.6 is 0 Å². The van der Waals surface area contributed by atoms with E-state index in [0.29, 0.717) is 5.75 Å². The first-order chi connectivity index (χ1) is 6.06. The van der Waals surface area contributed by atoms with Gasteiger partial charge in [0.15, 0.2) is 5.75 Å². The minimum absolute atomic E-state index is 0.0191. The molecule has 0 unspecified atom stereocenters. The van der Waals surface area contributed by atoms with E-state index in [4.69, 9.17) is 4.74 Å². The van der Waals surface area contributed by atoms with Crippen molar-refractivity contribution < 1.29 is 9.66 Å². The maximum atomic E-state index is 10.6. The molecule has 1 aromatic rings. The fraction of sp³-hybridized carbons (Fsp3) is 0.333. The maximum absolute atomic E-state index is 10.6. The van der Waals surface area contributed by atoms with Crippen LogP contribution in [-0.4, -0.2) is 12.0 Å². The zero-order valence-corrected chi connectivity index (χ0v) is 7.83. The molecule has 1 rings (SSSR count). The van der Waals surface area contributed by atoms with Gasteiger partial charge in [0.2, 0.25) is 0 Å². The lowest BCUT2D eigenvalue weighted by Crippen LogP contribution is -1.95. The molecule has 0 spiro atoms. The summed E-state index contributed by atoms with van der Waals surface area (Å²) in [5, 5.41) is 10.6. The van der Waals surface area contributed by atoms with Crippen LogP contribution < -0.4 is 4.74 Å². The Bertz CT molecular complexity index is 347. The van der Waals surface area contributed by atoms with Crippen LogP contribution in [0.5, 0.6) is 5.75 Å². The van der Waals surface area contributed by atoms with Gasteiger partial charge in [0, 0.05) is 6.07 Å². The van der Waals surface area contributed by atoms with Crippen molar-refractivity contribution in [2.45, 2.75) is 13.8 Å². The third-order valence-electron chi connectivity index (χ3n) is 1.99. The molecule has 0 aliphatic rings. The SMILES string of the molecule is COc1cc(C)c(C)cc1[N+](=O)[O-]. The van der Waals surface area contributed by atoms with E-state index in [9.17, 15) is 10.1 Å². The van der Waals surface area contributed by atoms with Gasteiger partial charge in [-0.15, -0.1) is 0 Å². The Hall–Kier alpha value is -1.58. The van der Waals surface area contributed by atoms with E-state index in [2.05, 4.69) is 0 Å². The average Bonchev–Trinajstić information content (AvgIpc) is 2.08. The zero-order chi connectivity index (χ0) is 10.0. The first-order valence-electron chi connectivity index (χ1n) is 3.86. The second kappa shape index (κ2) is 3.43. The minimum atomic E-state index is -0.439. The summed E-state index contributed by atoms with van der Waals surface area (Å²) in [6, 6.07) is 3.20. The minimum Gasteiger partial charge on any atom is -0.490 e. The normalized spacial score (nSPS) is 9.77. The van der Waals surface area contributed by atoms with Crippen LogP contribution in [0.1, 0.15) is 11.1 Å². The van der Waals surface area contributed by atoms with Gasteiger partial charge in [0.25, 0.3) is 0 Å². The van der Waals surface area contributed by atoms with E-state index in [1.54, 1.807) is 6.07 Å². The van der Waals surface area contributed by atoms with Crippen molar-refractivity contribution in [1.82, 2.24) is 0 Å². The molecule has 4 heteroatoms. The van der Waals surface area contributed by atoms with E-state index in [0.717, 1.165) is 11.1 Å². The molecule has 0 saturated carbocycles. The topological polar surface area (TPSA) is 52.4 Å². The predicted octanol–water partition coefficient (Wildman–Crippen LogP) is 2.22. The van der Waals surface area contributed by atoms with E-state index in [-0.39, 0.29) is 5.69 Å². The standard InChI is InChI=1S/C9H11NO3/c1-6-4-8(10(11)12)9(13-3)5-7(6)2/h4-5H,1-3H3. The fourth-order valence-corrected chi connectivity index (χ4v) is 1.08. The van der Waals surface area contributed by atoms with Gasteiger partial charge in [-0.05, 0) is 31.0 Å². The van der Waals surface area contributed by atoms with Crippen molar-refractivity contribution in [1.29, 1.82) is 0 Å². The highest BCUT2D eigenvalue weighted by Gasteiger charge is 2.15. The molecule has 0 saturated heterocycles. The van der Waals surface area contributed by atoms with Crippen LogP contribution in [0.3, 0.4) is 0 Å². The summed E-state index contributed by atoms with van der Waals surface area (Å²) in [4.78, 5) is 10.1. The number of rotatable bonds is 2. The summed E-state index contributed by atoms with van der Waals surface area (Å²) in [7, 11) is 1.43. The second-order valence-electron chi connectivity index (χ2n) is 2.87. The van der Waals surface area contributed by atoms with Crippen molar-refractivity contribution >= 4 is 5.69 Å². The Morgan fingerprint density at radius 1 is 1.31 bits per heavy atom. The Kier molecular flexibility index (Phi) is 2.51. The van der Waals surface area contributed by atoms with Crippen molar-refractivity contribution in [2.24, 2.45) is 0 Å². The summed E-state index contributed by atoms with van der Waals surface area (Å²) in [6.07, 6.45) is 0. The number of hydrogen-bond donors (Lipinski definition) is 0. The van der Waals surface area contributed by atoms with Crippen LogP contribution in [0.25, 0.3) is 0 Å². The van der Waals surface area contributed by atoms with Gasteiger partial charge in [0.1, 0.15) is 0 Å². The molecule has 0 fully saturated rings. The Morgan fingerprint density at radius 2 is 1.85 bits per heavy atom. The molecule has 0 amide bonds. The second-order valence-corrected chi connectivity index (χ2v) is 2.87. The summed E-state index contributed by atoms with van der Waals surface area (Å²) >= 11 is 0. The van der Waals surface area contributed by atoms with Crippen molar-refractivity contribution in [3.8, 4) is 5.75 Å². The molecule has 13 heavy (non-hydrogen) atoms. The summed E-state index contributed by atoms with van der Waals surface area (Å²) in [6.45, 7) is 3.73. The first kappa shape index (κ1) is 9.51. The van der Waals surface area contributed by atoms with Gasteiger partial charge >= 0.3 is 5.69 Å². The molecule has 0 atom stereocenters. The summed E-state index contributed by atoms with van der Waals surface area (Å²) < 4.78 is 4.90. The molecule has 0 heterocycles. The number of methoxy groups -OCH3 is 1. The number of nitrogens with zero attached hydrogens (tertiary/aromatic N) is 1. The number of nitro benzene ring substituents is 1. The molecular weight excluding hydrogens is 170 g/mol. The zero-order valence-electron chi connectivity index (χ0n) is 7.83. The van der Waals surface area contributed by atoms with Crippen LogP contribution in [0.4, 0.5) is 5.69 Å². The molecule has 0 radical (unpaired) electrons. The highest BCUT2D eigenvalue weighted by molar-refractivity contribution is 5.51. The third-order valence-corrected chi connectivity index (χ3v) is 1.99. The van der Waals surface area contributed by atoms with Crippen molar-refractivity contribution in [3.63, 3.8) is 0 Å². The Balaban J connectivity index is 3.33. The Labute approximate surface area is 76.3 Å². The van der Waals surface area contributed by atoms with E-state index < -0.39 is 4.92 Å². The van der Waals surface area contributed by atoms with Crippen LogP contribution in [0.15, 0.2) is 12.1 Å². The van der Waals surface area contributed by atoms with Crippen molar-refractivity contribution in [2.75, 3.05) is 7.11 Å². The summed E-state index contributed by atoms with van der Waals surface area (Å²) in [5.41, 5.74) is 1.90.